The first-order chi connectivity index (χ1) is 13.2. The first-order valence-electron chi connectivity index (χ1n) is 8.26. The van der Waals surface area contributed by atoms with Gasteiger partial charge >= 0.3 is 0 Å². The number of ketones is 1. The van der Waals surface area contributed by atoms with Gasteiger partial charge in [0.1, 0.15) is 0 Å². The van der Waals surface area contributed by atoms with E-state index in [2.05, 4.69) is 24.3 Å². The molecule has 146 valence electrons. The van der Waals surface area contributed by atoms with Crippen LogP contribution in [0.5, 0.6) is 0 Å². The second-order valence-corrected chi connectivity index (χ2v) is 8.60. The molecule has 0 fully saturated rings. The van der Waals surface area contributed by atoms with Crippen LogP contribution in [0, 0.1) is 17.2 Å². The molecule has 0 bridgehead atoms. The van der Waals surface area contributed by atoms with E-state index < -0.39 is 10.2 Å². The Morgan fingerprint density at radius 1 is 0.750 bits per heavy atom. The second-order valence-electron chi connectivity index (χ2n) is 5.83. The number of halogens is 1. The van der Waals surface area contributed by atoms with Gasteiger partial charge in [0.25, 0.3) is 0 Å². The van der Waals surface area contributed by atoms with Crippen molar-refractivity contribution in [1.29, 1.82) is 0 Å². The highest BCUT2D eigenvalue weighted by Crippen LogP contribution is 2.24. The highest BCUT2D eigenvalue weighted by Gasteiger charge is 2.28. The minimum atomic E-state index is -4.94. The lowest BCUT2D eigenvalue weighted by molar-refractivity contribution is -2.00. The molecular formula is C21H19ClO5S. The fourth-order valence-corrected chi connectivity index (χ4v) is 4.43. The van der Waals surface area contributed by atoms with Crippen molar-refractivity contribution in [1.82, 2.24) is 0 Å². The van der Waals surface area contributed by atoms with Crippen molar-refractivity contribution in [3.63, 3.8) is 0 Å². The lowest BCUT2D eigenvalue weighted by Crippen LogP contribution is -2.68. The maximum Gasteiger partial charge on any atom is 0.212 e. The highest BCUT2D eigenvalue weighted by atomic mass is 35.7. The highest BCUT2D eigenvalue weighted by molar-refractivity contribution is 7.97. The molecule has 0 saturated heterocycles. The summed E-state index contributed by atoms with van der Waals surface area (Å²) < 4.78 is 34.0. The predicted molar refractivity (Wildman–Crippen MR) is 97.2 cm³/mol. The summed E-state index contributed by atoms with van der Waals surface area (Å²) in [5.74, 6) is 0.706. The fourth-order valence-electron chi connectivity index (χ4n) is 2.43. The van der Waals surface area contributed by atoms with Crippen LogP contribution in [0.25, 0.3) is 0 Å². The van der Waals surface area contributed by atoms with Crippen LogP contribution in [-0.2, 0) is 10.9 Å². The van der Waals surface area contributed by atoms with Crippen LogP contribution in [0.1, 0.15) is 15.9 Å². The third kappa shape index (κ3) is 7.82. The summed E-state index contributed by atoms with van der Waals surface area (Å²) in [5.41, 5.74) is 1.96. The molecule has 7 heteroatoms. The van der Waals surface area contributed by atoms with E-state index in [-0.39, 0.29) is 16.7 Å². The summed E-state index contributed by atoms with van der Waals surface area (Å²) in [5, 5.41) is 0. The molecule has 0 amide bonds. The van der Waals surface area contributed by atoms with Gasteiger partial charge in [-0.2, -0.15) is 0 Å². The monoisotopic (exact) mass is 418 g/mol. The average molecular weight is 419 g/mol. The first kappa shape index (κ1) is 22.1. The summed E-state index contributed by atoms with van der Waals surface area (Å²) in [6, 6.07) is 28.5. The largest absolute Gasteiger partial charge is 0.289 e. The Labute approximate surface area is 169 Å². The third-order valence-corrected chi connectivity index (χ3v) is 5.94. The van der Waals surface area contributed by atoms with Gasteiger partial charge in [-0.25, -0.2) is 18.6 Å². The van der Waals surface area contributed by atoms with E-state index in [0.29, 0.717) is 5.75 Å². The van der Waals surface area contributed by atoms with Crippen LogP contribution in [-0.4, -0.2) is 11.5 Å². The lowest BCUT2D eigenvalue weighted by Gasteiger charge is -2.17. The number of carbonyl (C=O) groups is 1. The molecule has 3 aromatic rings. The Kier molecular flexibility index (Phi) is 8.19. The van der Waals surface area contributed by atoms with Gasteiger partial charge in [-0.3, -0.25) is 4.79 Å². The molecule has 28 heavy (non-hydrogen) atoms. The topological polar surface area (TPSA) is 109 Å². The number of Topliss-reactive ketones (excluding diaryl/α,β-unsaturated/α-hetero) is 1. The van der Waals surface area contributed by atoms with Crippen molar-refractivity contribution >= 4 is 16.7 Å². The third-order valence-electron chi connectivity index (χ3n) is 3.70. The van der Waals surface area contributed by atoms with E-state index in [1.54, 1.807) is 0 Å². The van der Waals surface area contributed by atoms with E-state index in [9.17, 15) is 4.79 Å². The van der Waals surface area contributed by atoms with Crippen molar-refractivity contribution in [2.24, 2.45) is 0 Å². The summed E-state index contributed by atoms with van der Waals surface area (Å²) >= 11 is 0. The second kappa shape index (κ2) is 10.4. The number of hydrogen-bond donors (Lipinski definition) is 0. The molecule has 0 aliphatic heterocycles. The zero-order chi connectivity index (χ0) is 20.6. The molecular weight excluding hydrogens is 400 g/mol. The van der Waals surface area contributed by atoms with Crippen LogP contribution in [0.3, 0.4) is 0 Å². The number of hydrogen-bond acceptors (Lipinski definition) is 5. The molecule has 3 aromatic carbocycles. The molecule has 3 rings (SSSR count). The molecule has 0 radical (unpaired) electrons. The fraction of sp³-hybridized carbons (Fsp3) is 0.0952. The van der Waals surface area contributed by atoms with Gasteiger partial charge in [-0.1, -0.05) is 66.2 Å². The van der Waals surface area contributed by atoms with Gasteiger partial charge in [0.15, 0.2) is 15.5 Å². The Balaban J connectivity index is 0.000000500. The van der Waals surface area contributed by atoms with E-state index in [4.69, 9.17) is 18.6 Å². The molecule has 5 nitrogen and oxygen atoms in total. The maximum absolute atomic E-state index is 12.7. The minimum Gasteiger partial charge on any atom is -0.289 e. The normalized spacial score (nSPS) is 10.9. The van der Waals surface area contributed by atoms with Crippen molar-refractivity contribution in [3.8, 4) is 0 Å². The molecule has 0 N–H and O–H groups in total. The maximum atomic E-state index is 12.7. The summed E-state index contributed by atoms with van der Waals surface area (Å²) in [7, 11) is -5.18. The van der Waals surface area contributed by atoms with Crippen molar-refractivity contribution in [2.45, 2.75) is 16.7 Å². The van der Waals surface area contributed by atoms with Gasteiger partial charge in [0, 0.05) is 5.56 Å². The molecule has 0 heterocycles. The number of aryl methyl sites for hydroxylation is 1. The first-order valence-corrected chi connectivity index (χ1v) is 10.9. The Bertz CT molecular complexity index is 819. The smallest absolute Gasteiger partial charge is 0.212 e. The van der Waals surface area contributed by atoms with Gasteiger partial charge in [-0.05, 0) is 31.2 Å². The van der Waals surface area contributed by atoms with Crippen LogP contribution < -0.4 is 18.6 Å². The molecule has 0 aliphatic carbocycles. The van der Waals surface area contributed by atoms with Crippen LogP contribution >= 0.6 is 0 Å². The van der Waals surface area contributed by atoms with Crippen molar-refractivity contribution in [2.75, 3.05) is 5.75 Å². The van der Waals surface area contributed by atoms with Crippen LogP contribution in [0.2, 0.25) is 0 Å². The lowest BCUT2D eigenvalue weighted by atomic mass is 10.1. The number of benzene rings is 3. The van der Waals surface area contributed by atoms with Gasteiger partial charge in [0.2, 0.25) is 5.78 Å². The Morgan fingerprint density at radius 3 is 1.54 bits per heavy atom. The average Bonchev–Trinajstić information content (AvgIpc) is 2.66. The zero-order valence-electron chi connectivity index (χ0n) is 15.1. The quantitative estimate of drug-likeness (QED) is 0.433. The van der Waals surface area contributed by atoms with E-state index in [1.807, 2.05) is 67.6 Å². The van der Waals surface area contributed by atoms with Crippen molar-refractivity contribution in [3.05, 3.63) is 96.1 Å². The van der Waals surface area contributed by atoms with Gasteiger partial charge in [0.05, 0.1) is 10.9 Å². The molecule has 0 spiro atoms. The van der Waals surface area contributed by atoms with Crippen LogP contribution in [0.4, 0.5) is 0 Å². The molecule has 0 atom stereocenters. The summed E-state index contributed by atoms with van der Waals surface area (Å²) in [6.45, 7) is 2.03. The molecule has 0 aliphatic rings. The van der Waals surface area contributed by atoms with E-state index in [0.717, 1.165) is 5.56 Å². The number of carbonyl (C=O) groups excluding carboxylic acids is 1. The Morgan fingerprint density at radius 2 is 1.14 bits per heavy atom. The summed E-state index contributed by atoms with van der Waals surface area (Å²) in [4.78, 5) is 15.1. The SMILES string of the molecule is Cc1ccc(C(=O)C[S+](c2ccccc2)c2ccccc2)cc1.[O-][Cl+3]([O-])([O-])[O-]. The van der Waals surface area contributed by atoms with Gasteiger partial charge in [-0.15, -0.1) is 10.2 Å². The predicted octanol–water partition coefficient (Wildman–Crippen LogP) is 0.158. The molecule has 0 saturated carbocycles. The molecule has 0 aromatic heterocycles. The zero-order valence-corrected chi connectivity index (χ0v) is 16.7. The van der Waals surface area contributed by atoms with E-state index in [1.165, 1.54) is 15.4 Å². The van der Waals surface area contributed by atoms with E-state index >= 15 is 0 Å². The Hall–Kier alpha value is -2.19. The number of rotatable bonds is 5. The van der Waals surface area contributed by atoms with Crippen LogP contribution in [0.15, 0.2) is 94.7 Å². The van der Waals surface area contributed by atoms with Gasteiger partial charge < -0.3 is 0 Å². The van der Waals surface area contributed by atoms with Crippen molar-refractivity contribution < 1.29 is 33.7 Å². The minimum absolute atomic E-state index is 0.195. The molecule has 0 unspecified atom stereocenters. The summed E-state index contributed by atoms with van der Waals surface area (Å²) in [6.07, 6.45) is 0. The standard InChI is InChI=1S/C21H19OS.ClHO4/c1-17-12-14-18(15-13-17)21(22)16-23(19-8-4-2-5-9-19)20-10-6-3-7-11-20;2-1(3,4)5/h2-15H,16H2,1H3;(H,2,3,4,5)/q+1;/p-1.